The lowest BCUT2D eigenvalue weighted by Gasteiger charge is -2.32. The molecular weight excluding hydrogens is 362 g/mol. The van der Waals surface area contributed by atoms with Crippen LogP contribution in [0, 0.1) is 5.92 Å². The van der Waals surface area contributed by atoms with E-state index in [0.29, 0.717) is 36.2 Å². The largest absolute Gasteiger partial charge is 0.444 e. The van der Waals surface area contributed by atoms with Crippen LogP contribution >= 0.6 is 15.9 Å². The van der Waals surface area contributed by atoms with Gasteiger partial charge < -0.3 is 15.0 Å². The number of ether oxygens (including phenoxy) is 1. The van der Waals surface area contributed by atoms with E-state index in [1.807, 2.05) is 20.8 Å². The molecule has 23 heavy (non-hydrogen) atoms. The Morgan fingerprint density at radius 1 is 1.35 bits per heavy atom. The van der Waals surface area contributed by atoms with Gasteiger partial charge in [0.05, 0.1) is 5.69 Å². The molecular formula is C16H22BrN3O3. The van der Waals surface area contributed by atoms with Crippen molar-refractivity contribution in [2.24, 2.45) is 5.92 Å². The number of likely N-dealkylation sites (tertiary alicyclic amines) is 1. The van der Waals surface area contributed by atoms with Gasteiger partial charge in [0.2, 0.25) is 5.91 Å². The number of carbonyl (C=O) groups excluding carboxylic acids is 2. The van der Waals surface area contributed by atoms with Crippen LogP contribution in [0.4, 0.5) is 10.5 Å². The summed E-state index contributed by atoms with van der Waals surface area (Å²) in [6.45, 7) is 6.59. The van der Waals surface area contributed by atoms with E-state index in [-0.39, 0.29) is 17.9 Å². The van der Waals surface area contributed by atoms with Crippen molar-refractivity contribution in [3.63, 3.8) is 0 Å². The lowest BCUT2D eigenvalue weighted by atomic mass is 9.96. The number of aromatic nitrogens is 1. The zero-order chi connectivity index (χ0) is 17.0. The van der Waals surface area contributed by atoms with Crippen LogP contribution in [-0.2, 0) is 9.53 Å². The molecule has 126 valence electrons. The van der Waals surface area contributed by atoms with E-state index in [1.165, 1.54) is 0 Å². The average molecular weight is 384 g/mol. The quantitative estimate of drug-likeness (QED) is 0.794. The maximum Gasteiger partial charge on any atom is 0.410 e. The number of hydrogen-bond acceptors (Lipinski definition) is 4. The minimum absolute atomic E-state index is 0.0393. The lowest BCUT2D eigenvalue weighted by Crippen LogP contribution is -2.43. The van der Waals surface area contributed by atoms with Gasteiger partial charge in [-0.2, -0.15) is 0 Å². The molecule has 6 nitrogen and oxygen atoms in total. The molecule has 1 fully saturated rings. The third-order valence-electron chi connectivity index (χ3n) is 3.53. The first-order chi connectivity index (χ1) is 10.8. The Balaban J connectivity index is 1.85. The molecule has 0 bridgehead atoms. The molecule has 0 spiro atoms. The summed E-state index contributed by atoms with van der Waals surface area (Å²) in [4.78, 5) is 30.1. The van der Waals surface area contributed by atoms with Gasteiger partial charge in [-0.05, 0) is 61.7 Å². The molecule has 0 saturated carbocycles. The van der Waals surface area contributed by atoms with Crippen LogP contribution in [0.25, 0.3) is 0 Å². The Morgan fingerprint density at radius 3 is 2.57 bits per heavy atom. The van der Waals surface area contributed by atoms with Gasteiger partial charge in [0.15, 0.2) is 0 Å². The molecule has 2 heterocycles. The van der Waals surface area contributed by atoms with E-state index in [2.05, 4.69) is 26.2 Å². The fourth-order valence-electron chi connectivity index (χ4n) is 2.36. The molecule has 1 aliphatic rings. The molecule has 1 aromatic rings. The van der Waals surface area contributed by atoms with Crippen LogP contribution in [0.1, 0.15) is 33.6 Å². The second-order valence-corrected chi connectivity index (χ2v) is 7.32. The lowest BCUT2D eigenvalue weighted by molar-refractivity contribution is -0.121. The van der Waals surface area contributed by atoms with Gasteiger partial charge >= 0.3 is 6.09 Å². The van der Waals surface area contributed by atoms with E-state index < -0.39 is 5.60 Å². The highest BCUT2D eigenvalue weighted by Gasteiger charge is 2.30. The predicted octanol–water partition coefficient (Wildman–Crippen LogP) is 3.43. The van der Waals surface area contributed by atoms with Crippen molar-refractivity contribution in [2.45, 2.75) is 39.2 Å². The Bertz CT molecular complexity index is 578. The van der Waals surface area contributed by atoms with Gasteiger partial charge in [-0.3, -0.25) is 4.79 Å². The number of nitrogens with zero attached hydrogens (tertiary/aromatic N) is 2. The van der Waals surface area contributed by atoms with Crippen molar-refractivity contribution >= 4 is 33.6 Å². The zero-order valence-electron chi connectivity index (χ0n) is 13.6. The molecule has 0 aromatic carbocycles. The third kappa shape index (κ3) is 5.20. The summed E-state index contributed by atoms with van der Waals surface area (Å²) < 4.78 is 5.97. The molecule has 1 aromatic heterocycles. The van der Waals surface area contributed by atoms with Crippen molar-refractivity contribution in [3.8, 4) is 0 Å². The van der Waals surface area contributed by atoms with Crippen LogP contribution in [-0.4, -0.2) is 40.6 Å². The second-order valence-electron chi connectivity index (χ2n) is 6.57. The van der Waals surface area contributed by atoms with Crippen molar-refractivity contribution < 1.29 is 14.3 Å². The van der Waals surface area contributed by atoms with E-state index in [9.17, 15) is 9.59 Å². The van der Waals surface area contributed by atoms with Crippen LogP contribution in [0.3, 0.4) is 0 Å². The highest BCUT2D eigenvalue weighted by atomic mass is 79.9. The molecule has 1 aliphatic heterocycles. The van der Waals surface area contributed by atoms with Gasteiger partial charge in [0.1, 0.15) is 10.2 Å². The first-order valence-corrected chi connectivity index (χ1v) is 8.45. The summed E-state index contributed by atoms with van der Waals surface area (Å²) in [5.41, 5.74) is 0.157. The monoisotopic (exact) mass is 383 g/mol. The molecule has 0 radical (unpaired) electrons. The highest BCUT2D eigenvalue weighted by Crippen LogP contribution is 2.23. The molecule has 7 heteroatoms. The van der Waals surface area contributed by atoms with Crippen LogP contribution < -0.4 is 5.32 Å². The number of rotatable bonds is 2. The number of nitrogens with one attached hydrogen (secondary N) is 1. The number of halogens is 1. The second kappa shape index (κ2) is 7.29. The van der Waals surface area contributed by atoms with Crippen molar-refractivity contribution in [1.29, 1.82) is 0 Å². The van der Waals surface area contributed by atoms with Crippen molar-refractivity contribution in [2.75, 3.05) is 18.4 Å². The maximum atomic E-state index is 12.3. The Hall–Kier alpha value is -1.63. The van der Waals surface area contributed by atoms with Crippen LogP contribution in [0.5, 0.6) is 0 Å². The SMILES string of the molecule is CC(C)(C)OC(=O)N1CCC(C(=O)Nc2cccnc2Br)CC1. The first-order valence-electron chi connectivity index (χ1n) is 7.65. The molecule has 0 atom stereocenters. The number of carbonyl (C=O) groups is 2. The summed E-state index contributed by atoms with van der Waals surface area (Å²) in [5.74, 6) is -0.150. The van der Waals surface area contributed by atoms with Crippen LogP contribution in [0.2, 0.25) is 0 Å². The van der Waals surface area contributed by atoms with Crippen molar-refractivity contribution in [3.05, 3.63) is 22.9 Å². The Labute approximate surface area is 144 Å². The summed E-state index contributed by atoms with van der Waals surface area (Å²) >= 11 is 3.31. The Kier molecular flexibility index (Phi) is 5.62. The molecule has 2 rings (SSSR count). The zero-order valence-corrected chi connectivity index (χ0v) is 15.2. The number of hydrogen-bond donors (Lipinski definition) is 1. The number of amides is 2. The topological polar surface area (TPSA) is 71.5 Å². The van der Waals surface area contributed by atoms with Gasteiger partial charge in [-0.15, -0.1) is 0 Å². The smallest absolute Gasteiger partial charge is 0.410 e. The summed E-state index contributed by atoms with van der Waals surface area (Å²) in [7, 11) is 0. The molecule has 0 unspecified atom stereocenters. The third-order valence-corrected chi connectivity index (χ3v) is 4.17. The van der Waals surface area contributed by atoms with Crippen LogP contribution in [0.15, 0.2) is 22.9 Å². The molecule has 0 aliphatic carbocycles. The fourth-order valence-corrected chi connectivity index (χ4v) is 2.71. The summed E-state index contributed by atoms with van der Waals surface area (Å²) in [6.07, 6.45) is 2.59. The van der Waals surface area contributed by atoms with E-state index in [1.54, 1.807) is 23.2 Å². The molecule has 1 saturated heterocycles. The fraction of sp³-hybridized carbons (Fsp3) is 0.562. The van der Waals surface area contributed by atoms with Crippen molar-refractivity contribution in [1.82, 2.24) is 9.88 Å². The predicted molar refractivity (Wildman–Crippen MR) is 91.1 cm³/mol. The highest BCUT2D eigenvalue weighted by molar-refractivity contribution is 9.10. The molecule has 2 amide bonds. The Morgan fingerprint density at radius 2 is 2.00 bits per heavy atom. The van der Waals surface area contributed by atoms with Gasteiger partial charge in [-0.1, -0.05) is 0 Å². The summed E-state index contributed by atoms with van der Waals surface area (Å²) in [6, 6.07) is 3.57. The number of pyridine rings is 1. The maximum absolute atomic E-state index is 12.3. The normalized spacial score (nSPS) is 16.1. The average Bonchev–Trinajstić information content (AvgIpc) is 2.48. The van der Waals surface area contributed by atoms with E-state index in [0.717, 1.165) is 0 Å². The minimum Gasteiger partial charge on any atom is -0.444 e. The first kappa shape index (κ1) is 17.7. The van der Waals surface area contributed by atoms with Gasteiger partial charge in [0, 0.05) is 25.2 Å². The number of anilines is 1. The van der Waals surface area contributed by atoms with E-state index >= 15 is 0 Å². The summed E-state index contributed by atoms with van der Waals surface area (Å²) in [5, 5.41) is 2.88. The standard InChI is InChI=1S/C16H22BrN3O3/c1-16(2,3)23-15(22)20-9-6-11(7-10-20)14(21)19-12-5-4-8-18-13(12)17/h4-5,8,11H,6-7,9-10H2,1-3H3,(H,19,21). The van der Waals surface area contributed by atoms with Gasteiger partial charge in [-0.25, -0.2) is 9.78 Å². The van der Waals surface area contributed by atoms with E-state index in [4.69, 9.17) is 4.74 Å². The number of piperidine rings is 1. The van der Waals surface area contributed by atoms with Gasteiger partial charge in [0.25, 0.3) is 0 Å². The molecule has 1 N–H and O–H groups in total. The minimum atomic E-state index is -0.502.